The molecule has 1 aromatic rings. The van der Waals surface area contributed by atoms with Gasteiger partial charge in [-0.1, -0.05) is 32.6 Å². The highest BCUT2D eigenvalue weighted by Gasteiger charge is 2.20. The summed E-state index contributed by atoms with van der Waals surface area (Å²) in [7, 11) is 0. The van der Waals surface area contributed by atoms with E-state index in [-0.39, 0.29) is 0 Å². The predicted octanol–water partition coefficient (Wildman–Crippen LogP) is 4.55. The van der Waals surface area contributed by atoms with E-state index in [1.165, 1.54) is 37.0 Å². The van der Waals surface area contributed by atoms with Gasteiger partial charge in [0.1, 0.15) is 5.82 Å². The van der Waals surface area contributed by atoms with E-state index in [0.717, 1.165) is 23.7 Å². The number of nitrogens with zero attached hydrogens (tertiary/aromatic N) is 2. The van der Waals surface area contributed by atoms with Gasteiger partial charge in [0.25, 0.3) is 0 Å². The van der Waals surface area contributed by atoms with Gasteiger partial charge in [-0.3, -0.25) is 0 Å². The molecule has 0 radical (unpaired) electrons. The number of thioether (sulfide) groups is 1. The first-order chi connectivity index (χ1) is 9.20. The Hall–Kier alpha value is -0.480. The molecule has 0 saturated heterocycles. The molecule has 106 valence electrons. The molecule has 1 aliphatic rings. The lowest BCUT2D eigenvalue weighted by atomic mass is 10.1. The molecule has 3 nitrogen and oxygen atoms in total. The van der Waals surface area contributed by atoms with Crippen molar-refractivity contribution in [3.63, 3.8) is 0 Å². The number of nitrogens with one attached hydrogen (secondary N) is 1. The molecule has 1 N–H and O–H groups in total. The van der Waals surface area contributed by atoms with E-state index in [1.54, 1.807) is 0 Å². The minimum Gasteiger partial charge on any atom is -0.367 e. The fourth-order valence-electron chi connectivity index (χ4n) is 2.32. The number of aryl methyl sites for hydroxylation is 1. The number of hydrogen-bond donors (Lipinski definition) is 1. The lowest BCUT2D eigenvalue weighted by Gasteiger charge is -2.16. The van der Waals surface area contributed by atoms with Crippen LogP contribution in [0, 0.1) is 0 Å². The molecule has 19 heavy (non-hydrogen) atoms. The van der Waals surface area contributed by atoms with Crippen molar-refractivity contribution in [2.45, 2.75) is 63.3 Å². The Balaban J connectivity index is 1.92. The van der Waals surface area contributed by atoms with Crippen LogP contribution in [-0.2, 0) is 6.42 Å². The number of hydrogen-bond acceptors (Lipinski definition) is 4. The van der Waals surface area contributed by atoms with E-state index in [9.17, 15) is 0 Å². The van der Waals surface area contributed by atoms with Gasteiger partial charge in [0.05, 0.1) is 10.6 Å². The molecule has 5 heteroatoms. The summed E-state index contributed by atoms with van der Waals surface area (Å²) < 4.78 is 0. The largest absolute Gasteiger partial charge is 0.367 e. The molecule has 0 aromatic carbocycles. The van der Waals surface area contributed by atoms with E-state index in [1.807, 2.05) is 11.8 Å². The molecule has 0 fully saturated rings. The van der Waals surface area contributed by atoms with Crippen LogP contribution in [0.3, 0.4) is 0 Å². The van der Waals surface area contributed by atoms with E-state index < -0.39 is 0 Å². The first-order valence-electron chi connectivity index (χ1n) is 7.16. The Kier molecular flexibility index (Phi) is 5.76. The van der Waals surface area contributed by atoms with Crippen molar-refractivity contribution in [3.8, 4) is 0 Å². The van der Waals surface area contributed by atoms with Crippen molar-refractivity contribution < 1.29 is 0 Å². The number of halogens is 1. The van der Waals surface area contributed by atoms with Gasteiger partial charge < -0.3 is 5.32 Å². The van der Waals surface area contributed by atoms with Crippen LogP contribution in [0.1, 0.15) is 51.6 Å². The fraction of sp³-hybridized carbons (Fsp3) is 0.714. The number of fused-ring (bicyclic) bond motifs is 1. The third-order valence-electron chi connectivity index (χ3n) is 3.37. The average molecular weight is 300 g/mol. The van der Waals surface area contributed by atoms with Crippen LogP contribution in [0.2, 0.25) is 5.28 Å². The maximum Gasteiger partial charge on any atom is 0.224 e. The Morgan fingerprint density at radius 1 is 1.32 bits per heavy atom. The molecular formula is C14H22ClN3S. The van der Waals surface area contributed by atoms with Gasteiger partial charge >= 0.3 is 0 Å². The summed E-state index contributed by atoms with van der Waals surface area (Å²) in [5.74, 6) is 2.02. The first kappa shape index (κ1) is 14.9. The summed E-state index contributed by atoms with van der Waals surface area (Å²) in [6.07, 6.45) is 7.39. The second kappa shape index (κ2) is 7.34. The van der Waals surface area contributed by atoms with Gasteiger partial charge in [0.2, 0.25) is 5.28 Å². The van der Waals surface area contributed by atoms with Crippen LogP contribution in [0.25, 0.3) is 0 Å². The van der Waals surface area contributed by atoms with Crippen molar-refractivity contribution in [1.29, 1.82) is 0 Å². The van der Waals surface area contributed by atoms with Crippen LogP contribution in [0.5, 0.6) is 0 Å². The standard InChI is InChI=1S/C14H22ClN3S/c1-3-4-5-6-7-10(2)16-13-12-11(8-9-19-12)17-14(15)18-13/h10H,3-9H2,1-2H3,(H,16,17,18). The Morgan fingerprint density at radius 3 is 2.95 bits per heavy atom. The van der Waals surface area contributed by atoms with Crippen molar-refractivity contribution in [2.75, 3.05) is 11.1 Å². The van der Waals surface area contributed by atoms with E-state index in [4.69, 9.17) is 11.6 Å². The predicted molar refractivity (Wildman–Crippen MR) is 83.3 cm³/mol. The Bertz CT molecular complexity index is 425. The molecule has 0 saturated carbocycles. The zero-order valence-electron chi connectivity index (χ0n) is 11.7. The van der Waals surface area contributed by atoms with Crippen LogP contribution in [-0.4, -0.2) is 21.8 Å². The Morgan fingerprint density at radius 2 is 2.16 bits per heavy atom. The lowest BCUT2D eigenvalue weighted by Crippen LogP contribution is -2.17. The van der Waals surface area contributed by atoms with Crippen LogP contribution in [0.15, 0.2) is 4.90 Å². The molecule has 0 amide bonds. The number of anilines is 1. The third-order valence-corrected chi connectivity index (χ3v) is 4.66. The minimum atomic E-state index is 0.363. The molecule has 1 atom stereocenters. The summed E-state index contributed by atoms with van der Waals surface area (Å²) in [6.45, 7) is 4.46. The fourth-order valence-corrected chi connectivity index (χ4v) is 3.56. The SMILES string of the molecule is CCCCCCC(C)Nc1nc(Cl)nc2c1SCC2. The first-order valence-corrected chi connectivity index (χ1v) is 8.52. The van der Waals surface area contributed by atoms with E-state index >= 15 is 0 Å². The molecular weight excluding hydrogens is 278 g/mol. The maximum absolute atomic E-state index is 5.99. The number of unbranched alkanes of at least 4 members (excludes halogenated alkanes) is 3. The normalized spacial score (nSPS) is 15.3. The highest BCUT2D eigenvalue weighted by molar-refractivity contribution is 7.99. The molecule has 1 unspecified atom stereocenters. The number of rotatable bonds is 7. The van der Waals surface area contributed by atoms with Gasteiger partial charge in [-0.05, 0) is 24.9 Å². The second-order valence-electron chi connectivity index (χ2n) is 5.11. The van der Waals surface area contributed by atoms with Crippen molar-refractivity contribution in [1.82, 2.24) is 9.97 Å². The topological polar surface area (TPSA) is 37.8 Å². The van der Waals surface area contributed by atoms with E-state index in [0.29, 0.717) is 11.3 Å². The quantitative estimate of drug-likeness (QED) is 0.592. The van der Waals surface area contributed by atoms with Gasteiger partial charge in [-0.15, -0.1) is 11.8 Å². The van der Waals surface area contributed by atoms with Crippen LogP contribution < -0.4 is 5.32 Å². The lowest BCUT2D eigenvalue weighted by molar-refractivity contribution is 0.592. The van der Waals surface area contributed by atoms with Gasteiger partial charge in [0.15, 0.2) is 0 Å². The summed E-state index contributed by atoms with van der Waals surface area (Å²) >= 11 is 7.82. The molecule has 0 aliphatic carbocycles. The molecule has 0 spiro atoms. The van der Waals surface area contributed by atoms with Crippen LogP contribution in [0.4, 0.5) is 5.82 Å². The zero-order valence-corrected chi connectivity index (χ0v) is 13.3. The average Bonchev–Trinajstić information content (AvgIpc) is 2.82. The summed E-state index contributed by atoms with van der Waals surface area (Å²) in [6, 6.07) is 0.438. The van der Waals surface area contributed by atoms with Gasteiger partial charge in [-0.2, -0.15) is 4.98 Å². The minimum absolute atomic E-state index is 0.363. The maximum atomic E-state index is 5.99. The van der Waals surface area contributed by atoms with Crippen molar-refractivity contribution >= 4 is 29.2 Å². The number of aromatic nitrogens is 2. The third kappa shape index (κ3) is 4.25. The van der Waals surface area contributed by atoms with Crippen molar-refractivity contribution in [2.24, 2.45) is 0 Å². The second-order valence-corrected chi connectivity index (χ2v) is 6.55. The summed E-state index contributed by atoms with van der Waals surface area (Å²) in [5.41, 5.74) is 1.10. The smallest absolute Gasteiger partial charge is 0.224 e. The molecule has 1 aromatic heterocycles. The molecule has 0 bridgehead atoms. The van der Waals surface area contributed by atoms with Gasteiger partial charge in [-0.25, -0.2) is 4.98 Å². The Labute approximate surface area is 124 Å². The summed E-state index contributed by atoms with van der Waals surface area (Å²) in [5, 5.41) is 3.87. The van der Waals surface area contributed by atoms with Crippen LogP contribution >= 0.6 is 23.4 Å². The molecule has 1 aliphatic heterocycles. The highest BCUT2D eigenvalue weighted by atomic mass is 35.5. The van der Waals surface area contributed by atoms with Crippen molar-refractivity contribution in [3.05, 3.63) is 11.0 Å². The zero-order chi connectivity index (χ0) is 13.7. The van der Waals surface area contributed by atoms with Gasteiger partial charge in [0, 0.05) is 18.2 Å². The highest BCUT2D eigenvalue weighted by Crippen LogP contribution is 2.36. The molecule has 2 rings (SSSR count). The monoisotopic (exact) mass is 299 g/mol. The summed E-state index contributed by atoms with van der Waals surface area (Å²) in [4.78, 5) is 9.85. The van der Waals surface area contributed by atoms with E-state index in [2.05, 4.69) is 29.1 Å². The molecule has 2 heterocycles.